The summed E-state index contributed by atoms with van der Waals surface area (Å²) in [6.07, 6.45) is 0.925. The lowest BCUT2D eigenvalue weighted by molar-refractivity contribution is -0.138. The van der Waals surface area contributed by atoms with E-state index in [0.717, 1.165) is 0 Å². The second kappa shape index (κ2) is 9.11. The molecule has 0 radical (unpaired) electrons. The number of hydrogen-bond donors (Lipinski definition) is 2. The summed E-state index contributed by atoms with van der Waals surface area (Å²) in [7, 11) is -3.72. The minimum Gasteiger partial charge on any atom is -0.356 e. The quantitative estimate of drug-likeness (QED) is 0.466. The van der Waals surface area contributed by atoms with E-state index in [0.29, 0.717) is 18.0 Å². The van der Waals surface area contributed by atoms with Crippen LogP contribution in [-0.2, 0) is 24.4 Å². The summed E-state index contributed by atoms with van der Waals surface area (Å²) in [5.41, 5.74) is 0. The molecule has 0 saturated carbocycles. The molecule has 2 N–H and O–H groups in total. The average molecular weight is 402 g/mol. The largest absolute Gasteiger partial charge is 0.356 e. The number of rotatable bonds is 9. The molecule has 1 aromatic rings. The number of hydrogen-bond acceptors (Lipinski definition) is 5. The summed E-state index contributed by atoms with van der Waals surface area (Å²) in [4.78, 5) is 35.8. The van der Waals surface area contributed by atoms with Crippen molar-refractivity contribution in [2.45, 2.75) is 30.6 Å². The van der Waals surface area contributed by atoms with E-state index < -0.39 is 10.0 Å². The highest BCUT2D eigenvalue weighted by atomic mass is 35.5. The smallest absolute Gasteiger partial charge is 0.240 e. The Bertz CT molecular complexity index is 781. The molecule has 1 aliphatic heterocycles. The molecule has 0 aliphatic carbocycles. The first-order valence-electron chi connectivity index (χ1n) is 8.15. The van der Waals surface area contributed by atoms with Crippen LogP contribution in [-0.4, -0.2) is 50.7 Å². The standard InChI is InChI=1S/C16H20ClN3O5S/c17-12-3-1-4-13(11-12)26(24,25)19-9-7-14(21)18-8-2-10-20-15(22)5-6-16(20)23/h1,3-4,11,19H,2,5-10H2,(H,18,21). The summed E-state index contributed by atoms with van der Waals surface area (Å²) < 4.78 is 26.5. The maximum absolute atomic E-state index is 12.1. The maximum Gasteiger partial charge on any atom is 0.240 e. The zero-order chi connectivity index (χ0) is 19.2. The molecule has 3 amide bonds. The molecular weight excluding hydrogens is 382 g/mol. The summed E-state index contributed by atoms with van der Waals surface area (Å²) in [6.45, 7) is 0.528. The number of nitrogens with one attached hydrogen (secondary N) is 2. The summed E-state index contributed by atoms with van der Waals surface area (Å²) in [5, 5.41) is 2.93. The average Bonchev–Trinajstić information content (AvgIpc) is 2.90. The van der Waals surface area contributed by atoms with Crippen LogP contribution in [0.5, 0.6) is 0 Å². The van der Waals surface area contributed by atoms with Gasteiger partial charge in [-0.2, -0.15) is 0 Å². The van der Waals surface area contributed by atoms with Gasteiger partial charge in [-0.05, 0) is 24.6 Å². The highest BCUT2D eigenvalue weighted by Gasteiger charge is 2.27. The van der Waals surface area contributed by atoms with Gasteiger partial charge in [0.05, 0.1) is 4.90 Å². The first-order chi connectivity index (χ1) is 12.3. The summed E-state index contributed by atoms with van der Waals surface area (Å²) >= 11 is 5.77. The minimum atomic E-state index is -3.72. The van der Waals surface area contributed by atoms with Gasteiger partial charge in [0.1, 0.15) is 0 Å². The van der Waals surface area contributed by atoms with E-state index in [1.165, 1.54) is 23.1 Å². The zero-order valence-electron chi connectivity index (χ0n) is 14.0. The molecular formula is C16H20ClN3O5S. The SMILES string of the molecule is O=C(CCNS(=O)(=O)c1cccc(Cl)c1)NCCCN1C(=O)CCC1=O. The van der Waals surface area contributed by atoms with Crippen LogP contribution in [0.2, 0.25) is 5.02 Å². The third-order valence-electron chi connectivity index (χ3n) is 3.79. The van der Waals surface area contributed by atoms with E-state index in [2.05, 4.69) is 10.0 Å². The minimum absolute atomic E-state index is 0.0264. The van der Waals surface area contributed by atoms with E-state index in [1.54, 1.807) is 6.07 Å². The lowest BCUT2D eigenvalue weighted by Gasteiger charge is -2.13. The van der Waals surface area contributed by atoms with Crippen LogP contribution in [0.4, 0.5) is 0 Å². The van der Waals surface area contributed by atoms with Crippen molar-refractivity contribution >= 4 is 39.3 Å². The molecule has 0 unspecified atom stereocenters. The predicted molar refractivity (Wildman–Crippen MR) is 94.8 cm³/mol. The van der Waals surface area contributed by atoms with Gasteiger partial charge in [0.25, 0.3) is 0 Å². The molecule has 10 heteroatoms. The van der Waals surface area contributed by atoms with Crippen LogP contribution in [0, 0.1) is 0 Å². The molecule has 26 heavy (non-hydrogen) atoms. The molecule has 0 aromatic heterocycles. The third kappa shape index (κ3) is 5.79. The Labute approximate surface area is 156 Å². The number of nitrogens with zero attached hydrogens (tertiary/aromatic N) is 1. The van der Waals surface area contributed by atoms with E-state index in [-0.39, 0.29) is 55.0 Å². The van der Waals surface area contributed by atoms with Crippen LogP contribution in [0.25, 0.3) is 0 Å². The predicted octanol–water partition coefficient (Wildman–Crippen LogP) is 0.664. The van der Waals surface area contributed by atoms with Gasteiger partial charge >= 0.3 is 0 Å². The van der Waals surface area contributed by atoms with Crippen LogP contribution >= 0.6 is 11.6 Å². The molecule has 1 aliphatic rings. The van der Waals surface area contributed by atoms with Crippen molar-refractivity contribution in [3.8, 4) is 0 Å². The van der Waals surface area contributed by atoms with E-state index >= 15 is 0 Å². The number of halogens is 1. The summed E-state index contributed by atoms with van der Waals surface area (Å²) in [5.74, 6) is -0.689. The lowest BCUT2D eigenvalue weighted by Crippen LogP contribution is -2.34. The number of carbonyl (C=O) groups excluding carboxylic acids is 3. The van der Waals surface area contributed by atoms with Crippen molar-refractivity contribution in [1.82, 2.24) is 14.9 Å². The number of benzene rings is 1. The van der Waals surface area contributed by atoms with Crippen LogP contribution in [0.1, 0.15) is 25.7 Å². The molecule has 0 spiro atoms. The third-order valence-corrected chi connectivity index (χ3v) is 5.48. The van der Waals surface area contributed by atoms with Gasteiger partial charge in [-0.15, -0.1) is 0 Å². The van der Waals surface area contributed by atoms with Gasteiger partial charge in [0.15, 0.2) is 0 Å². The molecule has 1 saturated heterocycles. The van der Waals surface area contributed by atoms with E-state index in [4.69, 9.17) is 11.6 Å². The van der Waals surface area contributed by atoms with Crippen LogP contribution < -0.4 is 10.0 Å². The fourth-order valence-electron chi connectivity index (χ4n) is 2.44. The van der Waals surface area contributed by atoms with Crippen molar-refractivity contribution < 1.29 is 22.8 Å². The topological polar surface area (TPSA) is 113 Å². The number of sulfonamides is 1. The fourth-order valence-corrected chi connectivity index (χ4v) is 3.77. The van der Waals surface area contributed by atoms with Crippen LogP contribution in [0.3, 0.4) is 0 Å². The van der Waals surface area contributed by atoms with Gasteiger partial charge in [-0.1, -0.05) is 17.7 Å². The second-order valence-corrected chi connectivity index (χ2v) is 7.95. The van der Waals surface area contributed by atoms with Crippen molar-refractivity contribution in [3.05, 3.63) is 29.3 Å². The lowest BCUT2D eigenvalue weighted by atomic mass is 10.3. The van der Waals surface area contributed by atoms with E-state index in [9.17, 15) is 22.8 Å². The van der Waals surface area contributed by atoms with Crippen LogP contribution in [0.15, 0.2) is 29.2 Å². The van der Waals surface area contributed by atoms with Gasteiger partial charge in [-0.25, -0.2) is 13.1 Å². The monoisotopic (exact) mass is 401 g/mol. The maximum atomic E-state index is 12.1. The Morgan fingerprint density at radius 3 is 2.50 bits per heavy atom. The molecule has 1 fully saturated rings. The Morgan fingerprint density at radius 1 is 1.15 bits per heavy atom. The van der Waals surface area contributed by atoms with Crippen molar-refractivity contribution in [1.29, 1.82) is 0 Å². The van der Waals surface area contributed by atoms with E-state index in [1.807, 2.05) is 0 Å². The Balaban J connectivity index is 1.66. The molecule has 8 nitrogen and oxygen atoms in total. The first-order valence-corrected chi connectivity index (χ1v) is 10.0. The molecule has 1 heterocycles. The zero-order valence-corrected chi connectivity index (χ0v) is 15.6. The Morgan fingerprint density at radius 2 is 1.85 bits per heavy atom. The number of carbonyl (C=O) groups is 3. The van der Waals surface area contributed by atoms with Crippen molar-refractivity contribution in [2.75, 3.05) is 19.6 Å². The Hall–Kier alpha value is -1.97. The molecule has 0 atom stereocenters. The number of likely N-dealkylation sites (tertiary alicyclic amines) is 1. The van der Waals surface area contributed by atoms with Gasteiger partial charge in [0.2, 0.25) is 27.7 Å². The molecule has 142 valence electrons. The first kappa shape index (κ1) is 20.3. The van der Waals surface area contributed by atoms with Gasteiger partial charge < -0.3 is 5.32 Å². The normalized spacial score (nSPS) is 14.7. The highest BCUT2D eigenvalue weighted by molar-refractivity contribution is 7.89. The van der Waals surface area contributed by atoms with Crippen molar-refractivity contribution in [3.63, 3.8) is 0 Å². The van der Waals surface area contributed by atoms with Gasteiger partial charge in [0, 0.05) is 43.9 Å². The molecule has 1 aromatic carbocycles. The van der Waals surface area contributed by atoms with Gasteiger partial charge in [-0.3, -0.25) is 19.3 Å². The fraction of sp³-hybridized carbons (Fsp3) is 0.438. The molecule has 2 rings (SSSR count). The highest BCUT2D eigenvalue weighted by Crippen LogP contribution is 2.15. The Kier molecular flexibility index (Phi) is 7.13. The number of imide groups is 1. The number of amides is 3. The molecule has 0 bridgehead atoms. The van der Waals surface area contributed by atoms with Crippen molar-refractivity contribution in [2.24, 2.45) is 0 Å². The second-order valence-electron chi connectivity index (χ2n) is 5.75. The summed E-state index contributed by atoms with van der Waals surface area (Å²) in [6, 6.07) is 5.83.